The second-order valence-corrected chi connectivity index (χ2v) is 6.35. The molecule has 1 aromatic carbocycles. The highest BCUT2D eigenvalue weighted by molar-refractivity contribution is 5.92. The van der Waals surface area contributed by atoms with E-state index in [1.165, 1.54) is 12.1 Å². The first kappa shape index (κ1) is 15.6. The minimum atomic E-state index is -1.05. The van der Waals surface area contributed by atoms with Gasteiger partial charge in [-0.15, -0.1) is 0 Å². The Morgan fingerprint density at radius 3 is 2.80 bits per heavy atom. The van der Waals surface area contributed by atoms with E-state index >= 15 is 0 Å². The number of nitrogens with zero attached hydrogens (tertiary/aromatic N) is 1. The first-order valence-corrected chi connectivity index (χ1v) is 8.34. The van der Waals surface area contributed by atoms with Gasteiger partial charge in [0.2, 0.25) is 0 Å². The molecule has 4 rings (SSSR count). The van der Waals surface area contributed by atoms with Gasteiger partial charge in [-0.3, -0.25) is 9.78 Å². The molecule has 0 saturated heterocycles. The van der Waals surface area contributed by atoms with Crippen LogP contribution in [-0.2, 0) is 6.42 Å². The predicted octanol–water partition coefficient (Wildman–Crippen LogP) is 3.72. The Hall–Kier alpha value is -2.95. The number of hydrogen-bond acceptors (Lipinski definition) is 4. The third-order valence-corrected chi connectivity index (χ3v) is 4.81. The highest BCUT2D eigenvalue weighted by Crippen LogP contribution is 2.54. The normalized spacial score (nSPS) is 19.1. The Morgan fingerprint density at radius 2 is 2.12 bits per heavy atom. The molecule has 0 bridgehead atoms. The zero-order valence-corrected chi connectivity index (χ0v) is 13.7. The summed E-state index contributed by atoms with van der Waals surface area (Å²) in [6.07, 6.45) is 3.23. The largest absolute Gasteiger partial charge is 0.478 e. The first-order chi connectivity index (χ1) is 12.1. The van der Waals surface area contributed by atoms with Crippen molar-refractivity contribution in [2.24, 2.45) is 0 Å². The van der Waals surface area contributed by atoms with Crippen LogP contribution in [-0.4, -0.2) is 16.1 Å². The lowest BCUT2D eigenvalue weighted by Crippen LogP contribution is -2.13. The second-order valence-electron chi connectivity index (χ2n) is 6.35. The van der Waals surface area contributed by atoms with Crippen LogP contribution in [0.2, 0.25) is 0 Å². The van der Waals surface area contributed by atoms with E-state index in [1.807, 2.05) is 25.1 Å². The molecule has 0 spiro atoms. The van der Waals surface area contributed by atoms with Gasteiger partial charge in [-0.2, -0.15) is 0 Å². The van der Waals surface area contributed by atoms with E-state index in [2.05, 4.69) is 4.98 Å². The SMILES string of the molecule is CCc1c(C2CC2c2ccccn2)oc2ccc(C(=O)O)cc2c1=O. The van der Waals surface area contributed by atoms with Crippen LogP contribution in [0.5, 0.6) is 0 Å². The summed E-state index contributed by atoms with van der Waals surface area (Å²) in [4.78, 5) is 28.4. The Morgan fingerprint density at radius 1 is 1.28 bits per heavy atom. The summed E-state index contributed by atoms with van der Waals surface area (Å²) in [5.74, 6) is 0.0889. The van der Waals surface area contributed by atoms with Gasteiger partial charge in [-0.1, -0.05) is 13.0 Å². The maximum absolute atomic E-state index is 12.9. The summed E-state index contributed by atoms with van der Waals surface area (Å²) in [6.45, 7) is 1.92. The highest BCUT2D eigenvalue weighted by atomic mass is 16.4. The molecule has 1 aliphatic rings. The summed E-state index contributed by atoms with van der Waals surface area (Å²) >= 11 is 0. The van der Waals surface area contributed by atoms with Crippen LogP contribution in [0, 0.1) is 0 Å². The molecular formula is C20H17NO4. The van der Waals surface area contributed by atoms with Crippen LogP contribution in [0.15, 0.2) is 51.8 Å². The first-order valence-electron chi connectivity index (χ1n) is 8.34. The summed E-state index contributed by atoms with van der Waals surface area (Å²) in [5, 5.41) is 9.46. The van der Waals surface area contributed by atoms with Gasteiger partial charge in [-0.25, -0.2) is 4.79 Å². The van der Waals surface area contributed by atoms with Crippen molar-refractivity contribution >= 4 is 16.9 Å². The van der Waals surface area contributed by atoms with E-state index in [0.29, 0.717) is 23.0 Å². The van der Waals surface area contributed by atoms with Crippen LogP contribution in [0.1, 0.15) is 52.6 Å². The van der Waals surface area contributed by atoms with Crippen LogP contribution in [0.25, 0.3) is 11.0 Å². The molecule has 2 aromatic heterocycles. The van der Waals surface area contributed by atoms with E-state index in [4.69, 9.17) is 9.52 Å². The lowest BCUT2D eigenvalue weighted by molar-refractivity contribution is 0.0697. The maximum Gasteiger partial charge on any atom is 0.335 e. The molecule has 126 valence electrons. The summed E-state index contributed by atoms with van der Waals surface area (Å²) in [6, 6.07) is 10.3. The average Bonchev–Trinajstić information content (AvgIpc) is 3.42. The molecule has 2 atom stereocenters. The number of fused-ring (bicyclic) bond motifs is 1. The van der Waals surface area contributed by atoms with Crippen molar-refractivity contribution in [2.45, 2.75) is 31.6 Å². The lowest BCUT2D eigenvalue weighted by atomic mass is 10.0. The standard InChI is InChI=1S/C20H17NO4/c1-2-12-18(22)15-9-11(20(23)24)6-7-17(15)25-19(12)14-10-13(14)16-5-3-4-8-21-16/h3-9,13-14H,2,10H2,1H3,(H,23,24). The van der Waals surface area contributed by atoms with Crippen molar-refractivity contribution in [3.05, 3.63) is 75.4 Å². The fraction of sp³-hybridized carbons (Fsp3) is 0.250. The molecule has 0 aliphatic heterocycles. The van der Waals surface area contributed by atoms with E-state index in [1.54, 1.807) is 12.3 Å². The Labute approximate surface area is 143 Å². The minimum absolute atomic E-state index is 0.0902. The van der Waals surface area contributed by atoms with E-state index in [0.717, 1.165) is 17.9 Å². The zero-order valence-electron chi connectivity index (χ0n) is 13.7. The van der Waals surface area contributed by atoms with Crippen LogP contribution < -0.4 is 5.43 Å². The van der Waals surface area contributed by atoms with Gasteiger partial charge in [0.1, 0.15) is 11.3 Å². The number of carboxylic acid groups (broad SMARTS) is 1. The molecule has 0 amide bonds. The van der Waals surface area contributed by atoms with Crippen molar-refractivity contribution in [1.82, 2.24) is 4.98 Å². The van der Waals surface area contributed by atoms with Crippen LogP contribution in [0.4, 0.5) is 0 Å². The Kier molecular flexibility index (Phi) is 3.64. The van der Waals surface area contributed by atoms with Crippen molar-refractivity contribution < 1.29 is 14.3 Å². The quantitative estimate of drug-likeness (QED) is 0.786. The van der Waals surface area contributed by atoms with Gasteiger partial charge >= 0.3 is 5.97 Å². The molecule has 5 heteroatoms. The molecule has 0 radical (unpaired) electrons. The summed E-state index contributed by atoms with van der Waals surface area (Å²) < 4.78 is 6.05. The van der Waals surface area contributed by atoms with Gasteiger partial charge in [0, 0.05) is 29.3 Å². The number of hydrogen-bond donors (Lipinski definition) is 1. The molecule has 1 fully saturated rings. The summed E-state index contributed by atoms with van der Waals surface area (Å²) in [7, 11) is 0. The van der Waals surface area contributed by atoms with E-state index in [9.17, 15) is 9.59 Å². The number of aromatic nitrogens is 1. The van der Waals surface area contributed by atoms with Gasteiger partial charge in [-0.05, 0) is 43.2 Å². The molecular weight excluding hydrogens is 318 g/mol. The fourth-order valence-corrected chi connectivity index (χ4v) is 3.43. The predicted molar refractivity (Wildman–Crippen MR) is 93.2 cm³/mol. The zero-order chi connectivity index (χ0) is 17.6. The third-order valence-electron chi connectivity index (χ3n) is 4.81. The molecule has 5 nitrogen and oxygen atoms in total. The summed E-state index contributed by atoms with van der Waals surface area (Å²) in [5.41, 5.74) is 2.05. The molecule has 1 N–H and O–H groups in total. The Bertz CT molecular complexity index is 1020. The van der Waals surface area contributed by atoms with Gasteiger partial charge in [0.25, 0.3) is 0 Å². The third kappa shape index (κ3) is 2.61. The van der Waals surface area contributed by atoms with Crippen LogP contribution in [0.3, 0.4) is 0 Å². The average molecular weight is 335 g/mol. The van der Waals surface area contributed by atoms with Gasteiger partial charge < -0.3 is 9.52 Å². The van der Waals surface area contributed by atoms with E-state index < -0.39 is 5.97 Å². The van der Waals surface area contributed by atoms with Crippen LogP contribution >= 0.6 is 0 Å². The van der Waals surface area contributed by atoms with Gasteiger partial charge in [0.05, 0.1) is 10.9 Å². The molecule has 1 aliphatic carbocycles. The number of carbonyl (C=O) groups is 1. The number of aromatic carboxylic acids is 1. The minimum Gasteiger partial charge on any atom is -0.478 e. The molecule has 2 unspecified atom stereocenters. The number of rotatable bonds is 4. The number of pyridine rings is 1. The smallest absolute Gasteiger partial charge is 0.335 e. The number of carboxylic acids is 1. The monoisotopic (exact) mass is 335 g/mol. The lowest BCUT2D eigenvalue weighted by Gasteiger charge is -2.09. The van der Waals surface area contributed by atoms with Crippen molar-refractivity contribution in [2.75, 3.05) is 0 Å². The Balaban J connectivity index is 1.81. The molecule has 2 heterocycles. The van der Waals surface area contributed by atoms with E-state index in [-0.39, 0.29) is 22.8 Å². The van der Waals surface area contributed by atoms with Gasteiger partial charge in [0.15, 0.2) is 5.43 Å². The van der Waals surface area contributed by atoms with Crippen molar-refractivity contribution in [1.29, 1.82) is 0 Å². The molecule has 3 aromatic rings. The van der Waals surface area contributed by atoms with Crippen molar-refractivity contribution in [3.63, 3.8) is 0 Å². The topological polar surface area (TPSA) is 80.4 Å². The van der Waals surface area contributed by atoms with Crippen molar-refractivity contribution in [3.8, 4) is 0 Å². The fourth-order valence-electron chi connectivity index (χ4n) is 3.43. The second kappa shape index (κ2) is 5.84. The maximum atomic E-state index is 12.9. The number of benzene rings is 1. The highest BCUT2D eigenvalue weighted by Gasteiger charge is 2.44. The molecule has 1 saturated carbocycles. The molecule has 25 heavy (non-hydrogen) atoms.